The van der Waals surface area contributed by atoms with Gasteiger partial charge in [0.2, 0.25) is 0 Å². The minimum atomic E-state index is -0.195. The van der Waals surface area contributed by atoms with Crippen LogP contribution in [0.3, 0.4) is 0 Å². The number of anilines is 1. The van der Waals surface area contributed by atoms with E-state index in [9.17, 15) is 10.1 Å². The number of hydrogen-bond donors (Lipinski definition) is 2. The molecule has 0 spiro atoms. The van der Waals surface area contributed by atoms with Crippen molar-refractivity contribution in [2.75, 3.05) is 18.9 Å². The molecule has 0 aliphatic carbocycles. The van der Waals surface area contributed by atoms with E-state index in [2.05, 4.69) is 37.3 Å². The quantitative estimate of drug-likeness (QED) is 0.528. The second-order valence-corrected chi connectivity index (χ2v) is 8.58. The number of benzene rings is 2. The molecule has 0 aliphatic rings. The first-order valence-electron chi connectivity index (χ1n) is 10.6. The smallest absolute Gasteiger partial charge is 0.257 e. The lowest BCUT2D eigenvalue weighted by atomic mass is 9.87. The number of amides is 1. The zero-order valence-electron chi connectivity index (χ0n) is 18.8. The molecule has 0 unspecified atom stereocenters. The first kappa shape index (κ1) is 22.9. The van der Waals surface area contributed by atoms with Gasteiger partial charge in [-0.2, -0.15) is 10.4 Å². The van der Waals surface area contributed by atoms with E-state index in [0.29, 0.717) is 42.2 Å². The maximum absolute atomic E-state index is 12.1. The molecule has 1 heterocycles. The summed E-state index contributed by atoms with van der Waals surface area (Å²) in [4.78, 5) is 12.1. The summed E-state index contributed by atoms with van der Waals surface area (Å²) in [5, 5.41) is 16.8. The van der Waals surface area contributed by atoms with Gasteiger partial charge in [0.05, 0.1) is 11.4 Å². The molecule has 166 valence electrons. The molecule has 0 radical (unpaired) electrons. The number of nitrogens with one attached hydrogen (secondary N) is 1. The minimum Gasteiger partial charge on any atom is -0.484 e. The van der Waals surface area contributed by atoms with Crippen LogP contribution in [0.4, 0.5) is 5.82 Å². The first-order valence-corrected chi connectivity index (χ1v) is 10.6. The molecular formula is C25H29N5O2. The number of nitrogens with zero attached hydrogens (tertiary/aromatic N) is 3. The zero-order valence-corrected chi connectivity index (χ0v) is 18.8. The molecule has 0 aliphatic heterocycles. The van der Waals surface area contributed by atoms with Crippen molar-refractivity contribution in [1.29, 1.82) is 5.26 Å². The molecule has 7 nitrogen and oxygen atoms in total. The normalized spacial score (nSPS) is 11.1. The predicted octanol–water partition coefficient (Wildman–Crippen LogP) is 3.75. The number of aryl methyl sites for hydroxylation is 1. The number of nitriles is 1. The largest absolute Gasteiger partial charge is 0.484 e. The number of aromatic nitrogens is 2. The lowest BCUT2D eigenvalue weighted by Crippen LogP contribution is -2.30. The van der Waals surface area contributed by atoms with Gasteiger partial charge < -0.3 is 15.8 Å². The SMILES string of the molecule is CC(C)(C)c1ccc(OCC(=O)NCCCc2nn(-c3ccccc3)c(N)c2C#N)cc1. The summed E-state index contributed by atoms with van der Waals surface area (Å²) in [5.74, 6) is 0.789. The average molecular weight is 432 g/mol. The number of rotatable bonds is 8. The van der Waals surface area contributed by atoms with E-state index in [0.717, 1.165) is 5.69 Å². The Balaban J connectivity index is 1.47. The maximum Gasteiger partial charge on any atom is 0.257 e. The number of carbonyl (C=O) groups excluding carboxylic acids is 1. The molecule has 3 aromatic rings. The molecule has 2 aromatic carbocycles. The summed E-state index contributed by atoms with van der Waals surface area (Å²) < 4.78 is 7.14. The average Bonchev–Trinajstić information content (AvgIpc) is 3.10. The summed E-state index contributed by atoms with van der Waals surface area (Å²) in [7, 11) is 0. The fraction of sp³-hybridized carbons (Fsp3) is 0.320. The van der Waals surface area contributed by atoms with Gasteiger partial charge >= 0.3 is 0 Å². The molecule has 32 heavy (non-hydrogen) atoms. The van der Waals surface area contributed by atoms with Crippen LogP contribution in [-0.2, 0) is 16.6 Å². The van der Waals surface area contributed by atoms with Crippen LogP contribution in [0.2, 0.25) is 0 Å². The van der Waals surface area contributed by atoms with Crippen molar-refractivity contribution in [2.45, 2.75) is 39.0 Å². The van der Waals surface area contributed by atoms with Crippen molar-refractivity contribution >= 4 is 11.7 Å². The van der Waals surface area contributed by atoms with E-state index < -0.39 is 0 Å². The first-order chi connectivity index (χ1) is 15.3. The number of carbonyl (C=O) groups is 1. The Morgan fingerprint density at radius 3 is 2.47 bits per heavy atom. The Morgan fingerprint density at radius 2 is 1.84 bits per heavy atom. The number of hydrogen-bond acceptors (Lipinski definition) is 5. The molecule has 0 saturated heterocycles. The van der Waals surface area contributed by atoms with Crippen LogP contribution in [-0.4, -0.2) is 28.8 Å². The zero-order chi connectivity index (χ0) is 23.1. The Labute approximate surface area is 188 Å². The van der Waals surface area contributed by atoms with Gasteiger partial charge in [0.15, 0.2) is 6.61 Å². The minimum absolute atomic E-state index is 0.0477. The Morgan fingerprint density at radius 1 is 1.16 bits per heavy atom. The van der Waals surface area contributed by atoms with Crippen molar-refractivity contribution < 1.29 is 9.53 Å². The highest BCUT2D eigenvalue weighted by atomic mass is 16.5. The van der Waals surface area contributed by atoms with Gasteiger partial charge in [0.1, 0.15) is 23.2 Å². The van der Waals surface area contributed by atoms with Crippen molar-refractivity contribution in [2.24, 2.45) is 0 Å². The Bertz CT molecular complexity index is 1090. The summed E-state index contributed by atoms with van der Waals surface area (Å²) in [6, 6.07) is 19.4. The number of nitrogen functional groups attached to an aromatic ring is 1. The van der Waals surface area contributed by atoms with Crippen molar-refractivity contribution in [3.63, 3.8) is 0 Å². The molecule has 0 bridgehead atoms. The summed E-state index contributed by atoms with van der Waals surface area (Å²) >= 11 is 0. The molecular weight excluding hydrogens is 402 g/mol. The van der Waals surface area contributed by atoms with Gasteiger partial charge in [-0.1, -0.05) is 51.1 Å². The number of ether oxygens (including phenoxy) is 1. The van der Waals surface area contributed by atoms with Gasteiger partial charge in [0.25, 0.3) is 5.91 Å². The third-order valence-corrected chi connectivity index (χ3v) is 5.11. The maximum atomic E-state index is 12.1. The van der Waals surface area contributed by atoms with Crippen molar-refractivity contribution in [3.8, 4) is 17.5 Å². The highest BCUT2D eigenvalue weighted by Crippen LogP contribution is 2.24. The summed E-state index contributed by atoms with van der Waals surface area (Å²) in [5.41, 5.74) is 9.20. The van der Waals surface area contributed by atoms with Crippen molar-refractivity contribution in [1.82, 2.24) is 15.1 Å². The topological polar surface area (TPSA) is 106 Å². The van der Waals surface area contributed by atoms with Gasteiger partial charge in [-0.3, -0.25) is 4.79 Å². The highest BCUT2D eigenvalue weighted by molar-refractivity contribution is 5.77. The molecule has 3 N–H and O–H groups in total. The van der Waals surface area contributed by atoms with E-state index in [4.69, 9.17) is 10.5 Å². The second-order valence-electron chi connectivity index (χ2n) is 8.58. The molecule has 1 aromatic heterocycles. The molecule has 0 saturated carbocycles. The van der Waals surface area contributed by atoms with Crippen LogP contribution in [0.25, 0.3) is 5.69 Å². The molecule has 3 rings (SSSR count). The van der Waals surface area contributed by atoms with E-state index in [1.165, 1.54) is 5.56 Å². The van der Waals surface area contributed by atoms with E-state index in [-0.39, 0.29) is 17.9 Å². The number of nitrogens with two attached hydrogens (primary N) is 1. The standard InChI is InChI=1S/C25H29N5O2/c1-25(2,3)18-11-13-20(14-12-18)32-17-23(31)28-15-7-10-22-21(16-26)24(27)30(29-22)19-8-5-4-6-9-19/h4-6,8-9,11-14H,7,10,15,17,27H2,1-3H3,(H,28,31). The third-order valence-electron chi connectivity index (χ3n) is 5.11. The van der Waals surface area contributed by atoms with E-state index in [1.807, 2.05) is 54.6 Å². The third kappa shape index (κ3) is 5.67. The Hall–Kier alpha value is -3.79. The lowest BCUT2D eigenvalue weighted by molar-refractivity contribution is -0.123. The highest BCUT2D eigenvalue weighted by Gasteiger charge is 2.16. The fourth-order valence-electron chi connectivity index (χ4n) is 3.28. The monoisotopic (exact) mass is 431 g/mol. The van der Waals surface area contributed by atoms with Crippen LogP contribution >= 0.6 is 0 Å². The fourth-order valence-corrected chi connectivity index (χ4v) is 3.28. The summed E-state index contributed by atoms with van der Waals surface area (Å²) in [6.45, 7) is 6.85. The van der Waals surface area contributed by atoms with Crippen LogP contribution in [0.5, 0.6) is 5.75 Å². The second kappa shape index (κ2) is 10.0. The van der Waals surface area contributed by atoms with Crippen LogP contribution < -0.4 is 15.8 Å². The number of para-hydroxylation sites is 1. The van der Waals surface area contributed by atoms with Gasteiger partial charge in [-0.25, -0.2) is 4.68 Å². The van der Waals surface area contributed by atoms with Crippen LogP contribution in [0, 0.1) is 11.3 Å². The molecule has 1 amide bonds. The van der Waals surface area contributed by atoms with Crippen LogP contribution in [0.15, 0.2) is 54.6 Å². The Kier molecular flexibility index (Phi) is 7.16. The lowest BCUT2D eigenvalue weighted by Gasteiger charge is -2.19. The van der Waals surface area contributed by atoms with Crippen molar-refractivity contribution in [3.05, 3.63) is 71.4 Å². The summed E-state index contributed by atoms with van der Waals surface area (Å²) in [6.07, 6.45) is 1.16. The molecule has 7 heteroatoms. The van der Waals surface area contributed by atoms with Crippen LogP contribution in [0.1, 0.15) is 44.0 Å². The predicted molar refractivity (Wildman–Crippen MR) is 125 cm³/mol. The van der Waals surface area contributed by atoms with Gasteiger partial charge in [-0.15, -0.1) is 0 Å². The van der Waals surface area contributed by atoms with Gasteiger partial charge in [-0.05, 0) is 48.1 Å². The van der Waals surface area contributed by atoms with E-state index in [1.54, 1.807) is 4.68 Å². The molecule has 0 fully saturated rings. The molecule has 0 atom stereocenters. The van der Waals surface area contributed by atoms with Gasteiger partial charge in [0, 0.05) is 6.54 Å². The van der Waals surface area contributed by atoms with E-state index >= 15 is 0 Å².